The zero-order chi connectivity index (χ0) is 47.3. The van der Waals surface area contributed by atoms with Gasteiger partial charge in [0, 0.05) is 44.2 Å². The van der Waals surface area contributed by atoms with E-state index in [0.717, 1.165) is 56.5 Å². The standard InChI is InChI=1S/C58H35F6N5/c59-57(60,61)43-29-42(30-44(33-43)58(62,63)64)40-25-27-53-46(31-40)45-23-13-14-24-52(45)69(53)54-28-26-41(51-35-48(36-15-5-1-6-16-36)65-55(66-51)39-21-11-4-12-22-39)32-47(54)56-67-49(37-17-7-2-8-18-37)34-50(68-56)38-19-9-3-10-20-38/h1-35H. The lowest BCUT2D eigenvalue weighted by Gasteiger charge is -2.17. The van der Waals surface area contributed by atoms with Crippen LogP contribution in [0.25, 0.3) is 106 Å². The molecule has 0 amide bonds. The maximum atomic E-state index is 14.1. The summed E-state index contributed by atoms with van der Waals surface area (Å²) in [6.45, 7) is 0. The van der Waals surface area contributed by atoms with Gasteiger partial charge in [0.15, 0.2) is 11.6 Å². The number of halogens is 6. The molecular weight excluding hydrogens is 881 g/mol. The van der Waals surface area contributed by atoms with Crippen LogP contribution >= 0.6 is 0 Å². The molecule has 3 aromatic heterocycles. The summed E-state index contributed by atoms with van der Waals surface area (Å²) < 4.78 is 86.4. The Morgan fingerprint density at radius 3 is 1.26 bits per heavy atom. The van der Waals surface area contributed by atoms with Crippen LogP contribution in [0, 0.1) is 0 Å². The van der Waals surface area contributed by atoms with Crippen LogP contribution in [0.15, 0.2) is 212 Å². The maximum absolute atomic E-state index is 14.1. The molecule has 0 saturated carbocycles. The smallest absolute Gasteiger partial charge is 0.309 e. The molecule has 0 spiro atoms. The third-order valence-corrected chi connectivity index (χ3v) is 12.1. The van der Waals surface area contributed by atoms with E-state index in [9.17, 15) is 26.3 Å². The molecule has 5 nitrogen and oxygen atoms in total. The van der Waals surface area contributed by atoms with Gasteiger partial charge in [-0.3, -0.25) is 0 Å². The highest BCUT2D eigenvalue weighted by Gasteiger charge is 2.37. The highest BCUT2D eigenvalue weighted by atomic mass is 19.4. The number of alkyl halides is 6. The van der Waals surface area contributed by atoms with E-state index in [-0.39, 0.29) is 17.2 Å². The lowest BCUT2D eigenvalue weighted by atomic mass is 9.97. The molecule has 0 N–H and O–H groups in total. The fraction of sp³-hybridized carbons (Fsp3) is 0.0345. The molecule has 11 aromatic rings. The Bertz CT molecular complexity index is 3540. The largest absolute Gasteiger partial charge is 0.416 e. The van der Waals surface area contributed by atoms with Crippen LogP contribution in [-0.4, -0.2) is 24.5 Å². The monoisotopic (exact) mass is 915 g/mol. The summed E-state index contributed by atoms with van der Waals surface area (Å²) >= 11 is 0. The van der Waals surface area contributed by atoms with Crippen LogP contribution in [-0.2, 0) is 12.4 Å². The Hall–Kier alpha value is -8.70. The lowest BCUT2D eigenvalue weighted by Crippen LogP contribution is -2.11. The fourth-order valence-electron chi connectivity index (χ4n) is 8.75. The topological polar surface area (TPSA) is 56.5 Å². The highest BCUT2D eigenvalue weighted by Crippen LogP contribution is 2.43. The van der Waals surface area contributed by atoms with E-state index in [2.05, 4.69) is 0 Å². The number of hydrogen-bond acceptors (Lipinski definition) is 4. The summed E-state index contributed by atoms with van der Waals surface area (Å²) in [4.78, 5) is 20.7. The van der Waals surface area contributed by atoms with E-state index < -0.39 is 23.5 Å². The van der Waals surface area contributed by atoms with Gasteiger partial charge in [0.1, 0.15) is 0 Å². The molecule has 0 radical (unpaired) electrons. The summed E-state index contributed by atoms with van der Waals surface area (Å²) in [6, 6.07) is 63.2. The normalized spacial score (nSPS) is 11.9. The third-order valence-electron chi connectivity index (χ3n) is 12.1. The van der Waals surface area contributed by atoms with Gasteiger partial charge < -0.3 is 4.57 Å². The number of hydrogen-bond donors (Lipinski definition) is 0. The Kier molecular flexibility index (Phi) is 10.7. The molecule has 3 heterocycles. The van der Waals surface area contributed by atoms with Gasteiger partial charge in [0.2, 0.25) is 0 Å². The first-order chi connectivity index (χ1) is 33.4. The van der Waals surface area contributed by atoms with Crippen LogP contribution in [0.1, 0.15) is 11.1 Å². The molecule has 0 bridgehead atoms. The molecule has 334 valence electrons. The van der Waals surface area contributed by atoms with Crippen molar-refractivity contribution in [2.45, 2.75) is 12.4 Å². The molecule has 0 aliphatic heterocycles. The molecular formula is C58H35F6N5. The molecule has 0 unspecified atom stereocenters. The number of para-hydroxylation sites is 1. The van der Waals surface area contributed by atoms with Gasteiger partial charge in [-0.25, -0.2) is 19.9 Å². The zero-order valence-corrected chi connectivity index (χ0v) is 36.2. The van der Waals surface area contributed by atoms with E-state index >= 15 is 0 Å². The number of benzene rings is 8. The van der Waals surface area contributed by atoms with Gasteiger partial charge in [-0.1, -0.05) is 152 Å². The first-order valence-corrected chi connectivity index (χ1v) is 21.9. The van der Waals surface area contributed by atoms with E-state index in [1.165, 1.54) is 0 Å². The van der Waals surface area contributed by atoms with Gasteiger partial charge in [0.25, 0.3) is 0 Å². The molecule has 11 heteroatoms. The molecule has 0 fully saturated rings. The van der Waals surface area contributed by atoms with Gasteiger partial charge in [-0.05, 0) is 71.8 Å². The molecule has 0 aliphatic rings. The van der Waals surface area contributed by atoms with Crippen molar-refractivity contribution >= 4 is 21.8 Å². The second-order valence-corrected chi connectivity index (χ2v) is 16.5. The highest BCUT2D eigenvalue weighted by molar-refractivity contribution is 6.11. The van der Waals surface area contributed by atoms with Crippen molar-refractivity contribution in [2.24, 2.45) is 0 Å². The minimum atomic E-state index is -5.00. The fourth-order valence-corrected chi connectivity index (χ4v) is 8.75. The molecule has 0 saturated heterocycles. The zero-order valence-electron chi connectivity index (χ0n) is 36.2. The first-order valence-electron chi connectivity index (χ1n) is 21.9. The lowest BCUT2D eigenvalue weighted by molar-refractivity contribution is -0.143. The molecule has 8 aromatic carbocycles. The van der Waals surface area contributed by atoms with Crippen LogP contribution in [0.2, 0.25) is 0 Å². The molecule has 11 rings (SSSR count). The number of rotatable bonds is 8. The van der Waals surface area contributed by atoms with Crippen molar-refractivity contribution in [1.29, 1.82) is 0 Å². The molecule has 0 atom stereocenters. The number of aromatic nitrogens is 5. The van der Waals surface area contributed by atoms with Gasteiger partial charge in [-0.2, -0.15) is 26.3 Å². The van der Waals surface area contributed by atoms with E-state index in [4.69, 9.17) is 19.9 Å². The Morgan fingerprint density at radius 1 is 0.304 bits per heavy atom. The van der Waals surface area contributed by atoms with Crippen molar-refractivity contribution in [3.63, 3.8) is 0 Å². The number of nitrogens with zero attached hydrogens (tertiary/aromatic N) is 5. The summed E-state index contributed by atoms with van der Waals surface area (Å²) in [6.07, 6.45) is -10.0. The quantitative estimate of drug-likeness (QED) is 0.143. The summed E-state index contributed by atoms with van der Waals surface area (Å²) in [5.74, 6) is 0.937. The van der Waals surface area contributed by atoms with E-state index in [0.29, 0.717) is 50.9 Å². The Morgan fingerprint density at radius 2 is 0.739 bits per heavy atom. The average Bonchev–Trinajstić information content (AvgIpc) is 3.72. The van der Waals surface area contributed by atoms with Crippen LogP contribution in [0.5, 0.6) is 0 Å². The summed E-state index contributed by atoms with van der Waals surface area (Å²) in [5.41, 5.74) is 6.86. The van der Waals surface area contributed by atoms with E-state index in [1.54, 1.807) is 18.2 Å². The predicted molar refractivity (Wildman–Crippen MR) is 260 cm³/mol. The Labute approximate surface area is 391 Å². The van der Waals surface area contributed by atoms with Crippen LogP contribution in [0.3, 0.4) is 0 Å². The average molecular weight is 916 g/mol. The second-order valence-electron chi connectivity index (χ2n) is 16.5. The minimum absolute atomic E-state index is 0.142. The van der Waals surface area contributed by atoms with Gasteiger partial charge in [-0.15, -0.1) is 0 Å². The van der Waals surface area contributed by atoms with E-state index in [1.807, 2.05) is 180 Å². The van der Waals surface area contributed by atoms with Gasteiger partial charge in [0.05, 0.1) is 50.6 Å². The predicted octanol–water partition coefficient (Wildman–Crippen LogP) is 16.1. The molecule has 69 heavy (non-hydrogen) atoms. The van der Waals surface area contributed by atoms with Crippen LogP contribution < -0.4 is 0 Å². The van der Waals surface area contributed by atoms with Gasteiger partial charge >= 0.3 is 12.4 Å². The maximum Gasteiger partial charge on any atom is 0.416 e. The van der Waals surface area contributed by atoms with Crippen molar-refractivity contribution < 1.29 is 26.3 Å². The minimum Gasteiger partial charge on any atom is -0.309 e. The Balaban J connectivity index is 1.18. The van der Waals surface area contributed by atoms with Crippen molar-refractivity contribution in [2.75, 3.05) is 0 Å². The summed E-state index contributed by atoms with van der Waals surface area (Å²) in [7, 11) is 0. The molecule has 0 aliphatic carbocycles. The summed E-state index contributed by atoms with van der Waals surface area (Å²) in [5, 5.41) is 1.34. The SMILES string of the molecule is FC(F)(F)c1cc(-c2ccc3c(c2)c2ccccc2n3-c2ccc(-c3cc(-c4ccccc4)nc(-c4ccccc4)n3)cc2-c2nc(-c3ccccc3)cc(-c3ccccc3)n2)cc(C(F)(F)F)c1. The van der Waals surface area contributed by atoms with Crippen LogP contribution in [0.4, 0.5) is 26.3 Å². The third kappa shape index (κ3) is 8.39. The van der Waals surface area contributed by atoms with Crippen molar-refractivity contribution in [3.05, 3.63) is 223 Å². The number of fused-ring (bicyclic) bond motifs is 3. The van der Waals surface area contributed by atoms with Crippen molar-refractivity contribution in [3.8, 4) is 84.6 Å². The van der Waals surface area contributed by atoms with Crippen molar-refractivity contribution in [1.82, 2.24) is 24.5 Å². The second kappa shape index (κ2) is 17.2. The first kappa shape index (κ1) is 42.9.